The average Bonchev–Trinajstić information content (AvgIpc) is 2.99. The smallest absolute Gasteiger partial charge is 0.210 e. The molecule has 0 saturated heterocycles. The van der Waals surface area contributed by atoms with Crippen molar-refractivity contribution in [2.75, 3.05) is 24.7 Å². The van der Waals surface area contributed by atoms with Gasteiger partial charge in [0, 0.05) is 15.0 Å². The number of aromatic nitrogens is 4. The summed E-state index contributed by atoms with van der Waals surface area (Å²) in [6.07, 6.45) is 1.31. The zero-order valence-corrected chi connectivity index (χ0v) is 18.1. The van der Waals surface area contributed by atoms with E-state index in [1.54, 1.807) is 4.57 Å². The van der Waals surface area contributed by atoms with Crippen molar-refractivity contribution in [3.63, 3.8) is 0 Å². The van der Waals surface area contributed by atoms with Gasteiger partial charge in [-0.25, -0.2) is 28.5 Å². The summed E-state index contributed by atoms with van der Waals surface area (Å²) in [5.74, 6) is 1.31. The molecule has 0 saturated carbocycles. The Labute approximate surface area is 178 Å². The zero-order chi connectivity index (χ0) is 19.9. The lowest BCUT2D eigenvalue weighted by Crippen LogP contribution is -2.20. The second-order valence-corrected chi connectivity index (χ2v) is 9.78. The fourth-order valence-electron chi connectivity index (χ4n) is 2.65. The lowest BCUT2D eigenvalue weighted by atomic mass is 10.3. The van der Waals surface area contributed by atoms with Crippen molar-refractivity contribution in [3.8, 4) is 11.5 Å². The number of sulfonamides is 1. The van der Waals surface area contributed by atoms with Crippen LogP contribution in [0.25, 0.3) is 11.2 Å². The first-order valence-corrected chi connectivity index (χ1v) is 11.7. The van der Waals surface area contributed by atoms with Crippen LogP contribution in [0.15, 0.2) is 28.5 Å². The third-order valence-corrected chi connectivity index (χ3v) is 6.98. The standard InChI is InChI=1S/C15H15IN6O4S2/c16-8-5-9-10(26-3-2-25-9)6-11(8)27-15-21-12-13(17)19-7-20-14(12)22(15)1-4-28(18,23)24/h5-7H,1-4H2,(H2,17,19,20)(H2,18,23,24). The van der Waals surface area contributed by atoms with Crippen LogP contribution in [0.3, 0.4) is 0 Å². The van der Waals surface area contributed by atoms with E-state index in [2.05, 4.69) is 37.5 Å². The number of primary sulfonamides is 1. The molecule has 3 aromatic rings. The Hall–Kier alpha value is -1.84. The van der Waals surface area contributed by atoms with Crippen LogP contribution in [0.5, 0.6) is 11.5 Å². The molecule has 4 rings (SSSR count). The largest absolute Gasteiger partial charge is 0.486 e. The Kier molecular flexibility index (Phi) is 5.24. The molecule has 0 atom stereocenters. The summed E-state index contributed by atoms with van der Waals surface area (Å²) >= 11 is 3.55. The number of benzene rings is 1. The summed E-state index contributed by atoms with van der Waals surface area (Å²) < 4.78 is 36.8. The zero-order valence-electron chi connectivity index (χ0n) is 14.3. The number of fused-ring (bicyclic) bond motifs is 2. The van der Waals surface area contributed by atoms with Crippen molar-refractivity contribution in [1.82, 2.24) is 19.5 Å². The SMILES string of the molecule is Nc1ncnc2c1nc(Sc1cc3c(cc1I)OCCO3)n2CCS(N)(=O)=O. The molecule has 2 aromatic heterocycles. The topological polar surface area (TPSA) is 148 Å². The normalized spacial score (nSPS) is 13.8. The summed E-state index contributed by atoms with van der Waals surface area (Å²) in [4.78, 5) is 13.6. The molecule has 1 aliphatic rings. The number of ether oxygens (including phenoxy) is 2. The number of rotatable bonds is 5. The minimum absolute atomic E-state index is 0.0925. The molecule has 3 heterocycles. The van der Waals surface area contributed by atoms with E-state index in [4.69, 9.17) is 20.3 Å². The van der Waals surface area contributed by atoms with E-state index in [9.17, 15) is 8.42 Å². The lowest BCUT2D eigenvalue weighted by Gasteiger charge is -2.19. The summed E-state index contributed by atoms with van der Waals surface area (Å²) in [6.45, 7) is 1.09. The van der Waals surface area contributed by atoms with Crippen molar-refractivity contribution in [2.24, 2.45) is 5.14 Å². The third-order valence-electron chi connectivity index (χ3n) is 3.92. The lowest BCUT2D eigenvalue weighted by molar-refractivity contribution is 0.171. The molecule has 4 N–H and O–H groups in total. The second kappa shape index (κ2) is 7.53. The van der Waals surface area contributed by atoms with Gasteiger partial charge >= 0.3 is 0 Å². The van der Waals surface area contributed by atoms with Crippen LogP contribution in [0.4, 0.5) is 5.82 Å². The van der Waals surface area contributed by atoms with Crippen LogP contribution >= 0.6 is 34.4 Å². The van der Waals surface area contributed by atoms with E-state index >= 15 is 0 Å². The van der Waals surface area contributed by atoms with Gasteiger partial charge in [-0.2, -0.15) is 0 Å². The minimum atomic E-state index is -3.66. The molecule has 0 radical (unpaired) electrons. The van der Waals surface area contributed by atoms with Gasteiger partial charge in [-0.3, -0.25) is 0 Å². The maximum atomic E-state index is 11.5. The van der Waals surface area contributed by atoms with Crippen molar-refractivity contribution in [3.05, 3.63) is 22.0 Å². The summed E-state index contributed by atoms with van der Waals surface area (Å²) in [5.41, 5.74) is 6.78. The van der Waals surface area contributed by atoms with E-state index in [0.29, 0.717) is 41.0 Å². The molecule has 0 amide bonds. The molecule has 0 unspecified atom stereocenters. The number of aryl methyl sites for hydroxylation is 1. The highest BCUT2D eigenvalue weighted by molar-refractivity contribution is 14.1. The van der Waals surface area contributed by atoms with Gasteiger partial charge in [0.25, 0.3) is 0 Å². The number of hydrogen-bond acceptors (Lipinski definition) is 9. The highest BCUT2D eigenvalue weighted by atomic mass is 127. The van der Waals surface area contributed by atoms with E-state index in [1.807, 2.05) is 12.1 Å². The molecule has 1 aliphatic heterocycles. The molecule has 13 heteroatoms. The molecule has 28 heavy (non-hydrogen) atoms. The maximum Gasteiger partial charge on any atom is 0.210 e. The fourth-order valence-corrected chi connectivity index (χ4v) is 4.80. The number of hydrogen-bond donors (Lipinski definition) is 2. The molecule has 1 aromatic carbocycles. The summed E-state index contributed by atoms with van der Waals surface area (Å²) in [7, 11) is -3.66. The van der Waals surface area contributed by atoms with Crippen molar-refractivity contribution in [1.29, 1.82) is 0 Å². The van der Waals surface area contributed by atoms with Crippen LogP contribution in [0, 0.1) is 3.57 Å². The maximum absolute atomic E-state index is 11.5. The quantitative estimate of drug-likeness (QED) is 0.461. The van der Waals surface area contributed by atoms with Gasteiger partial charge < -0.3 is 19.8 Å². The molecular weight excluding hydrogens is 519 g/mol. The van der Waals surface area contributed by atoms with Gasteiger partial charge in [-0.05, 0) is 34.7 Å². The van der Waals surface area contributed by atoms with Gasteiger partial charge in [0.2, 0.25) is 10.0 Å². The average molecular weight is 534 g/mol. The molecule has 0 spiro atoms. The van der Waals surface area contributed by atoms with Crippen LogP contribution in [-0.4, -0.2) is 46.9 Å². The van der Waals surface area contributed by atoms with Gasteiger partial charge in [-0.1, -0.05) is 11.8 Å². The number of nitrogen functional groups attached to an aromatic ring is 1. The highest BCUT2D eigenvalue weighted by Gasteiger charge is 2.20. The molecular formula is C15H15IN6O4S2. The minimum Gasteiger partial charge on any atom is -0.486 e. The Bertz CT molecular complexity index is 1170. The molecule has 10 nitrogen and oxygen atoms in total. The van der Waals surface area contributed by atoms with Crippen molar-refractivity contribution >= 4 is 61.4 Å². The van der Waals surface area contributed by atoms with Crippen molar-refractivity contribution in [2.45, 2.75) is 16.6 Å². The number of anilines is 1. The number of halogens is 1. The predicted octanol–water partition coefficient (Wildman–Crippen LogP) is 1.22. The van der Waals surface area contributed by atoms with Crippen LogP contribution in [0.2, 0.25) is 0 Å². The van der Waals surface area contributed by atoms with Crippen LogP contribution in [-0.2, 0) is 16.6 Å². The van der Waals surface area contributed by atoms with Gasteiger partial charge in [0.15, 0.2) is 33.6 Å². The Morgan fingerprint density at radius 2 is 1.93 bits per heavy atom. The van der Waals surface area contributed by atoms with Gasteiger partial charge in [0.1, 0.15) is 19.5 Å². The van der Waals surface area contributed by atoms with Crippen molar-refractivity contribution < 1.29 is 17.9 Å². The van der Waals surface area contributed by atoms with Gasteiger partial charge in [0.05, 0.1) is 5.75 Å². The number of nitrogens with two attached hydrogens (primary N) is 2. The molecule has 148 valence electrons. The monoisotopic (exact) mass is 534 g/mol. The first-order valence-electron chi connectivity index (χ1n) is 8.06. The van der Waals surface area contributed by atoms with E-state index in [0.717, 1.165) is 8.47 Å². The van der Waals surface area contributed by atoms with E-state index in [-0.39, 0.29) is 18.1 Å². The predicted molar refractivity (Wildman–Crippen MR) is 112 cm³/mol. The Morgan fingerprint density at radius 1 is 1.21 bits per heavy atom. The second-order valence-electron chi connectivity index (χ2n) is 5.87. The van der Waals surface area contributed by atoms with E-state index in [1.165, 1.54) is 18.1 Å². The van der Waals surface area contributed by atoms with E-state index < -0.39 is 10.0 Å². The highest BCUT2D eigenvalue weighted by Crippen LogP contribution is 2.40. The number of imidazole rings is 1. The number of nitrogens with zero attached hydrogens (tertiary/aromatic N) is 4. The summed E-state index contributed by atoms with van der Waals surface area (Å²) in [6, 6.07) is 3.77. The van der Waals surface area contributed by atoms with Gasteiger partial charge in [-0.15, -0.1) is 0 Å². The fraction of sp³-hybridized carbons (Fsp3) is 0.267. The first-order chi connectivity index (χ1) is 13.3. The Balaban J connectivity index is 1.77. The Morgan fingerprint density at radius 3 is 2.64 bits per heavy atom. The van der Waals surface area contributed by atoms with Crippen LogP contribution < -0.4 is 20.3 Å². The molecule has 0 fully saturated rings. The van der Waals surface area contributed by atoms with Crippen LogP contribution in [0.1, 0.15) is 0 Å². The molecule has 0 aliphatic carbocycles. The molecule has 0 bridgehead atoms. The third kappa shape index (κ3) is 3.97. The first kappa shape index (κ1) is 19.5. The summed E-state index contributed by atoms with van der Waals surface area (Å²) in [5, 5.41) is 5.70.